The number of ether oxygens (including phenoxy) is 1. The minimum atomic E-state index is -0.442. The van der Waals surface area contributed by atoms with Crippen molar-refractivity contribution in [2.75, 3.05) is 32.8 Å². The molecule has 26 heavy (non-hydrogen) atoms. The summed E-state index contributed by atoms with van der Waals surface area (Å²) in [5, 5.41) is 16.5. The van der Waals surface area contributed by atoms with Crippen molar-refractivity contribution in [1.29, 1.82) is 0 Å². The maximum absolute atomic E-state index is 12.1. The molecular weight excluding hydrogens is 336 g/mol. The highest BCUT2D eigenvalue weighted by molar-refractivity contribution is 5.73. The molecule has 2 amide bonds. The van der Waals surface area contributed by atoms with Gasteiger partial charge >= 0.3 is 6.03 Å². The van der Waals surface area contributed by atoms with Crippen LogP contribution in [0.4, 0.5) is 10.5 Å². The quantitative estimate of drug-likeness (QED) is 0.544. The second-order valence-electron chi connectivity index (χ2n) is 6.92. The predicted molar refractivity (Wildman–Crippen MR) is 99.0 cm³/mol. The molecule has 1 saturated heterocycles. The van der Waals surface area contributed by atoms with E-state index in [4.69, 9.17) is 4.74 Å². The Morgan fingerprint density at radius 2 is 2.04 bits per heavy atom. The van der Waals surface area contributed by atoms with Crippen molar-refractivity contribution in [2.45, 2.75) is 32.9 Å². The molecule has 1 aromatic carbocycles. The maximum Gasteiger partial charge on any atom is 0.315 e. The molecule has 1 heterocycles. The van der Waals surface area contributed by atoms with Crippen LogP contribution in [0.2, 0.25) is 0 Å². The number of nitro benzene ring substituents is 1. The highest BCUT2D eigenvalue weighted by atomic mass is 16.6. The van der Waals surface area contributed by atoms with Gasteiger partial charge in [-0.05, 0) is 17.9 Å². The zero-order valence-corrected chi connectivity index (χ0v) is 15.4. The first-order valence-corrected chi connectivity index (χ1v) is 9.02. The van der Waals surface area contributed by atoms with Crippen molar-refractivity contribution in [3.63, 3.8) is 0 Å². The second kappa shape index (κ2) is 10.1. The van der Waals surface area contributed by atoms with E-state index < -0.39 is 4.92 Å². The van der Waals surface area contributed by atoms with Gasteiger partial charge in [-0.1, -0.05) is 26.0 Å². The van der Waals surface area contributed by atoms with Crippen molar-refractivity contribution in [2.24, 2.45) is 5.92 Å². The number of carbonyl (C=O) groups is 1. The minimum absolute atomic E-state index is 0.0222. The molecule has 0 aromatic heterocycles. The number of rotatable bonds is 8. The Bertz CT molecular complexity index is 603. The normalized spacial score (nSPS) is 16.3. The van der Waals surface area contributed by atoms with Crippen LogP contribution in [-0.4, -0.2) is 54.7 Å². The van der Waals surface area contributed by atoms with Gasteiger partial charge in [-0.2, -0.15) is 0 Å². The van der Waals surface area contributed by atoms with Crippen molar-refractivity contribution in [1.82, 2.24) is 15.5 Å². The van der Waals surface area contributed by atoms with Gasteiger partial charge in [0.25, 0.3) is 5.69 Å². The molecule has 0 aliphatic carbocycles. The Kier molecular flexibility index (Phi) is 7.80. The fourth-order valence-corrected chi connectivity index (χ4v) is 3.08. The molecule has 2 N–H and O–H groups in total. The Morgan fingerprint density at radius 3 is 2.69 bits per heavy atom. The smallest absolute Gasteiger partial charge is 0.315 e. The summed E-state index contributed by atoms with van der Waals surface area (Å²) < 4.78 is 5.41. The molecule has 8 heteroatoms. The Labute approximate surface area is 154 Å². The molecule has 0 radical (unpaired) electrons. The zero-order valence-electron chi connectivity index (χ0n) is 15.4. The monoisotopic (exact) mass is 364 g/mol. The summed E-state index contributed by atoms with van der Waals surface area (Å²) in [6.07, 6.45) is 1.01. The summed E-state index contributed by atoms with van der Waals surface area (Å²) in [7, 11) is 0. The van der Waals surface area contributed by atoms with Gasteiger partial charge in [0.2, 0.25) is 0 Å². The lowest BCUT2D eigenvalue weighted by atomic mass is 10.0. The van der Waals surface area contributed by atoms with Crippen LogP contribution < -0.4 is 10.6 Å². The van der Waals surface area contributed by atoms with Crippen LogP contribution in [0.5, 0.6) is 0 Å². The van der Waals surface area contributed by atoms with Crippen molar-refractivity contribution in [3.8, 4) is 0 Å². The number of amides is 2. The van der Waals surface area contributed by atoms with E-state index in [0.29, 0.717) is 18.0 Å². The van der Waals surface area contributed by atoms with E-state index in [0.717, 1.165) is 32.7 Å². The van der Waals surface area contributed by atoms with Gasteiger partial charge in [0.05, 0.1) is 18.1 Å². The first-order valence-electron chi connectivity index (χ1n) is 9.02. The van der Waals surface area contributed by atoms with Crippen LogP contribution in [0.15, 0.2) is 24.3 Å². The number of hydrogen-bond acceptors (Lipinski definition) is 5. The van der Waals surface area contributed by atoms with Gasteiger partial charge in [-0.3, -0.25) is 15.0 Å². The van der Waals surface area contributed by atoms with E-state index in [9.17, 15) is 14.9 Å². The lowest BCUT2D eigenvalue weighted by Gasteiger charge is -2.35. The predicted octanol–water partition coefficient (Wildman–Crippen LogP) is 2.14. The summed E-state index contributed by atoms with van der Waals surface area (Å²) in [5.41, 5.74) is 0.718. The van der Waals surface area contributed by atoms with Gasteiger partial charge < -0.3 is 15.4 Å². The second-order valence-corrected chi connectivity index (χ2v) is 6.92. The molecule has 144 valence electrons. The number of nitrogens with zero attached hydrogens (tertiary/aromatic N) is 2. The number of non-ortho nitro benzene ring substituents is 1. The Morgan fingerprint density at radius 1 is 1.31 bits per heavy atom. The topological polar surface area (TPSA) is 96.7 Å². The molecule has 0 spiro atoms. The van der Waals surface area contributed by atoms with Crippen LogP contribution in [0, 0.1) is 16.0 Å². The summed E-state index contributed by atoms with van der Waals surface area (Å²) in [5.74, 6) is 0.539. The third-order valence-electron chi connectivity index (χ3n) is 4.38. The average Bonchev–Trinajstić information content (AvgIpc) is 2.64. The maximum atomic E-state index is 12.1. The van der Waals surface area contributed by atoms with E-state index in [1.807, 2.05) is 0 Å². The first kappa shape index (κ1) is 20.1. The van der Waals surface area contributed by atoms with Crippen LogP contribution in [0.25, 0.3) is 0 Å². The Hall–Kier alpha value is -2.19. The third-order valence-corrected chi connectivity index (χ3v) is 4.38. The molecule has 1 fully saturated rings. The molecule has 8 nitrogen and oxygen atoms in total. The van der Waals surface area contributed by atoms with E-state index in [1.165, 1.54) is 12.1 Å². The number of carbonyl (C=O) groups excluding carboxylic acids is 1. The number of nitro groups is 1. The molecule has 1 aliphatic rings. The number of hydrogen-bond donors (Lipinski definition) is 2. The largest absolute Gasteiger partial charge is 0.379 e. The van der Waals surface area contributed by atoms with E-state index in [1.54, 1.807) is 12.1 Å². The highest BCUT2D eigenvalue weighted by Gasteiger charge is 2.22. The summed E-state index contributed by atoms with van der Waals surface area (Å²) >= 11 is 0. The highest BCUT2D eigenvalue weighted by Crippen LogP contribution is 2.14. The van der Waals surface area contributed by atoms with Crippen molar-refractivity contribution < 1.29 is 14.5 Å². The lowest BCUT2D eigenvalue weighted by molar-refractivity contribution is -0.384. The van der Waals surface area contributed by atoms with Gasteiger partial charge in [-0.25, -0.2) is 4.79 Å². The van der Waals surface area contributed by atoms with Crippen LogP contribution in [-0.2, 0) is 11.3 Å². The molecule has 0 bridgehead atoms. The average molecular weight is 364 g/mol. The number of benzene rings is 1. The summed E-state index contributed by atoms with van der Waals surface area (Å²) in [4.78, 5) is 24.8. The van der Waals surface area contributed by atoms with Gasteiger partial charge in [-0.15, -0.1) is 0 Å². The van der Waals surface area contributed by atoms with E-state index >= 15 is 0 Å². The molecular formula is C18H28N4O4. The third kappa shape index (κ3) is 6.61. The van der Waals surface area contributed by atoms with E-state index in [-0.39, 0.29) is 24.3 Å². The fraction of sp³-hybridized carbons (Fsp3) is 0.611. The molecule has 0 saturated carbocycles. The summed E-state index contributed by atoms with van der Waals surface area (Å²) in [6.45, 7) is 8.40. The van der Waals surface area contributed by atoms with Crippen LogP contribution in [0.1, 0.15) is 25.8 Å². The lowest BCUT2D eigenvalue weighted by Crippen LogP contribution is -2.50. The van der Waals surface area contributed by atoms with Gasteiger partial charge in [0, 0.05) is 44.4 Å². The fourth-order valence-electron chi connectivity index (χ4n) is 3.08. The summed E-state index contributed by atoms with van der Waals surface area (Å²) in [6, 6.07) is 6.28. The van der Waals surface area contributed by atoms with Crippen LogP contribution >= 0.6 is 0 Å². The molecule has 1 aliphatic heterocycles. The number of morpholine rings is 1. The number of nitrogens with one attached hydrogen (secondary N) is 2. The first-order chi connectivity index (χ1) is 12.5. The number of urea groups is 1. The van der Waals surface area contributed by atoms with Gasteiger partial charge in [0.15, 0.2) is 0 Å². The van der Waals surface area contributed by atoms with E-state index in [2.05, 4.69) is 29.4 Å². The zero-order chi connectivity index (χ0) is 18.9. The van der Waals surface area contributed by atoms with Crippen LogP contribution in [0.3, 0.4) is 0 Å². The molecule has 1 aromatic rings. The standard InChI is InChI=1S/C18H28N4O4/c1-14(2)10-17(21-6-8-26-9-7-21)13-20-18(23)19-12-15-4-3-5-16(11-15)22(24)25/h3-5,11,14,17H,6-10,12-13H2,1-2H3,(H2,19,20,23). The minimum Gasteiger partial charge on any atom is -0.379 e. The van der Waals surface area contributed by atoms with Gasteiger partial charge in [0.1, 0.15) is 0 Å². The molecule has 2 rings (SSSR count). The Balaban J connectivity index is 1.81. The molecule has 1 unspecified atom stereocenters. The van der Waals surface area contributed by atoms with Crippen molar-refractivity contribution in [3.05, 3.63) is 39.9 Å². The van der Waals surface area contributed by atoms with Crippen molar-refractivity contribution >= 4 is 11.7 Å². The molecule has 1 atom stereocenters. The SMILES string of the molecule is CC(C)CC(CNC(=O)NCc1cccc([N+](=O)[O-])c1)N1CCOCC1.